The molecule has 2 aromatic rings. The fraction of sp³-hybridized carbons (Fsp3) is 0.375. The molecule has 0 aliphatic carbocycles. The van der Waals surface area contributed by atoms with Crippen LogP contribution in [-0.2, 0) is 17.5 Å². The Labute approximate surface area is 140 Å². The second-order valence-electron chi connectivity index (χ2n) is 5.69. The monoisotopic (exact) mass is 356 g/mol. The van der Waals surface area contributed by atoms with Crippen molar-refractivity contribution in [3.05, 3.63) is 40.9 Å². The minimum absolute atomic E-state index is 0.439. The quantitative estimate of drug-likeness (QED) is 0.903. The summed E-state index contributed by atoms with van der Waals surface area (Å²) in [5.74, 6) is -0.828. The van der Waals surface area contributed by atoms with Crippen LogP contribution < -0.4 is 0 Å². The number of aromatic nitrogens is 1. The zero-order valence-electron chi connectivity index (χ0n) is 12.6. The van der Waals surface area contributed by atoms with Crippen molar-refractivity contribution in [1.82, 2.24) is 9.88 Å². The number of hydrogen-bond donors (Lipinski definition) is 1. The molecule has 4 nitrogen and oxygen atoms in total. The third kappa shape index (κ3) is 3.59. The van der Waals surface area contributed by atoms with Crippen LogP contribution in [0.4, 0.5) is 13.2 Å². The molecule has 128 valence electrons. The molecule has 24 heavy (non-hydrogen) atoms. The summed E-state index contributed by atoms with van der Waals surface area (Å²) in [6.45, 7) is 1.15. The molecule has 1 atom stereocenters. The zero-order chi connectivity index (χ0) is 17.3. The average Bonchev–Trinajstić information content (AvgIpc) is 3.16. The van der Waals surface area contributed by atoms with Crippen molar-refractivity contribution in [3.8, 4) is 10.6 Å². The summed E-state index contributed by atoms with van der Waals surface area (Å²) in [6.07, 6.45) is -2.88. The summed E-state index contributed by atoms with van der Waals surface area (Å²) < 4.78 is 37.8. The van der Waals surface area contributed by atoms with Gasteiger partial charge < -0.3 is 5.11 Å². The third-order valence-electron chi connectivity index (χ3n) is 4.02. The van der Waals surface area contributed by atoms with Gasteiger partial charge in [0.05, 0.1) is 11.3 Å². The molecular formula is C16H15F3N2O2S. The zero-order valence-corrected chi connectivity index (χ0v) is 13.4. The fourth-order valence-electron chi connectivity index (χ4n) is 2.82. The number of carboxylic acids is 1. The Morgan fingerprint density at radius 1 is 1.33 bits per heavy atom. The lowest BCUT2D eigenvalue weighted by atomic mass is 10.1. The van der Waals surface area contributed by atoms with Crippen LogP contribution >= 0.6 is 11.3 Å². The predicted molar refractivity (Wildman–Crippen MR) is 83.6 cm³/mol. The molecule has 0 unspecified atom stereocenters. The number of thiazole rings is 1. The van der Waals surface area contributed by atoms with Gasteiger partial charge >= 0.3 is 12.1 Å². The van der Waals surface area contributed by atoms with E-state index >= 15 is 0 Å². The van der Waals surface area contributed by atoms with Crippen LogP contribution in [0.1, 0.15) is 24.1 Å². The average molecular weight is 356 g/mol. The van der Waals surface area contributed by atoms with Gasteiger partial charge in [0, 0.05) is 17.5 Å². The van der Waals surface area contributed by atoms with Crippen LogP contribution in [0.5, 0.6) is 0 Å². The molecular weight excluding hydrogens is 341 g/mol. The number of halogens is 3. The second-order valence-corrected chi connectivity index (χ2v) is 6.54. The number of likely N-dealkylation sites (tertiary alicyclic amines) is 1. The molecule has 3 rings (SSSR count). The molecule has 1 aliphatic rings. The summed E-state index contributed by atoms with van der Waals surface area (Å²) in [6, 6.07) is 4.40. The van der Waals surface area contributed by atoms with Crippen molar-refractivity contribution in [2.75, 3.05) is 6.54 Å². The van der Waals surface area contributed by atoms with E-state index in [1.807, 2.05) is 10.3 Å². The van der Waals surface area contributed by atoms with Crippen LogP contribution in [0.2, 0.25) is 0 Å². The Morgan fingerprint density at radius 2 is 2.04 bits per heavy atom. The van der Waals surface area contributed by atoms with E-state index in [0.717, 1.165) is 24.2 Å². The number of rotatable bonds is 4. The SMILES string of the molecule is O=C(O)[C@@H]1CCCN1Cc1csc(-c2ccc(C(F)(F)F)cc2)n1. The number of aliphatic carboxylic acids is 1. The largest absolute Gasteiger partial charge is 0.480 e. The molecule has 0 radical (unpaired) electrons. The van der Waals surface area contributed by atoms with Gasteiger partial charge in [-0.05, 0) is 31.5 Å². The molecule has 2 heterocycles. The van der Waals surface area contributed by atoms with Crippen LogP contribution in [0.25, 0.3) is 10.6 Å². The molecule has 0 spiro atoms. The lowest BCUT2D eigenvalue weighted by molar-refractivity contribution is -0.142. The summed E-state index contributed by atoms with van der Waals surface area (Å²) in [5.41, 5.74) is 0.669. The Kier molecular flexibility index (Phi) is 4.60. The van der Waals surface area contributed by atoms with Crippen LogP contribution in [0.3, 0.4) is 0 Å². The van der Waals surface area contributed by atoms with E-state index in [9.17, 15) is 23.1 Å². The van der Waals surface area contributed by atoms with E-state index in [1.54, 1.807) is 0 Å². The second kappa shape index (κ2) is 6.52. The molecule has 0 saturated carbocycles. The molecule has 8 heteroatoms. The maximum atomic E-state index is 12.6. The number of carbonyl (C=O) groups is 1. The first-order valence-electron chi connectivity index (χ1n) is 7.43. The molecule has 0 bridgehead atoms. The molecule has 1 saturated heterocycles. The first kappa shape index (κ1) is 16.9. The minimum Gasteiger partial charge on any atom is -0.480 e. The van der Waals surface area contributed by atoms with E-state index in [0.29, 0.717) is 30.1 Å². The highest BCUT2D eigenvalue weighted by Crippen LogP contribution is 2.32. The highest BCUT2D eigenvalue weighted by Gasteiger charge is 2.31. The maximum Gasteiger partial charge on any atom is 0.416 e. The summed E-state index contributed by atoms with van der Waals surface area (Å²) in [5, 5.41) is 11.6. The van der Waals surface area contributed by atoms with Crippen LogP contribution in [0, 0.1) is 0 Å². The third-order valence-corrected chi connectivity index (χ3v) is 4.96. The van der Waals surface area contributed by atoms with Gasteiger partial charge in [0.25, 0.3) is 0 Å². The van der Waals surface area contributed by atoms with Gasteiger partial charge in [0.2, 0.25) is 0 Å². The lowest BCUT2D eigenvalue weighted by Crippen LogP contribution is -2.35. The predicted octanol–water partition coefficient (Wildman–Crippen LogP) is 3.88. The minimum atomic E-state index is -4.35. The molecule has 1 aromatic carbocycles. The Balaban J connectivity index is 1.72. The Bertz CT molecular complexity index is 728. The number of benzene rings is 1. The highest BCUT2D eigenvalue weighted by molar-refractivity contribution is 7.13. The highest BCUT2D eigenvalue weighted by atomic mass is 32.1. The molecule has 1 aliphatic heterocycles. The van der Waals surface area contributed by atoms with Crippen molar-refractivity contribution in [2.24, 2.45) is 0 Å². The summed E-state index contributed by atoms with van der Waals surface area (Å²) in [7, 11) is 0. The van der Waals surface area contributed by atoms with Gasteiger partial charge in [-0.2, -0.15) is 13.2 Å². The fourth-order valence-corrected chi connectivity index (χ4v) is 3.63. The molecule has 1 fully saturated rings. The van der Waals surface area contributed by atoms with Gasteiger partial charge in [-0.3, -0.25) is 9.69 Å². The molecule has 1 N–H and O–H groups in total. The van der Waals surface area contributed by atoms with E-state index in [-0.39, 0.29) is 0 Å². The maximum absolute atomic E-state index is 12.6. The van der Waals surface area contributed by atoms with Crippen molar-refractivity contribution in [3.63, 3.8) is 0 Å². The number of hydrogen-bond acceptors (Lipinski definition) is 4. The number of alkyl halides is 3. The van der Waals surface area contributed by atoms with Gasteiger partial charge in [-0.25, -0.2) is 4.98 Å². The van der Waals surface area contributed by atoms with E-state index in [1.165, 1.54) is 23.5 Å². The molecule has 1 aromatic heterocycles. The lowest BCUT2D eigenvalue weighted by Gasteiger charge is -2.19. The first-order chi connectivity index (χ1) is 11.3. The van der Waals surface area contributed by atoms with E-state index < -0.39 is 23.8 Å². The van der Waals surface area contributed by atoms with Crippen molar-refractivity contribution < 1.29 is 23.1 Å². The molecule has 0 amide bonds. The van der Waals surface area contributed by atoms with Crippen molar-refractivity contribution in [2.45, 2.75) is 31.6 Å². The topological polar surface area (TPSA) is 53.4 Å². The van der Waals surface area contributed by atoms with Crippen molar-refractivity contribution >= 4 is 17.3 Å². The normalized spacial score (nSPS) is 18.9. The first-order valence-corrected chi connectivity index (χ1v) is 8.31. The van der Waals surface area contributed by atoms with Crippen molar-refractivity contribution in [1.29, 1.82) is 0 Å². The van der Waals surface area contributed by atoms with Crippen LogP contribution in [-0.4, -0.2) is 33.5 Å². The summed E-state index contributed by atoms with van der Waals surface area (Å²) in [4.78, 5) is 17.5. The number of carboxylic acid groups (broad SMARTS) is 1. The van der Waals surface area contributed by atoms with Crippen LogP contribution in [0.15, 0.2) is 29.6 Å². The van der Waals surface area contributed by atoms with Gasteiger partial charge in [0.1, 0.15) is 11.0 Å². The summed E-state index contributed by atoms with van der Waals surface area (Å²) >= 11 is 1.34. The van der Waals surface area contributed by atoms with Gasteiger partial charge in [-0.15, -0.1) is 11.3 Å². The standard InChI is InChI=1S/C16H15F3N2O2S/c17-16(18,19)11-5-3-10(4-6-11)14-20-12(9-24-14)8-21-7-1-2-13(21)15(22)23/h3-6,9,13H,1-2,7-8H2,(H,22,23)/t13-/m0/s1. The number of nitrogens with zero attached hydrogens (tertiary/aromatic N) is 2. The van der Waals surface area contributed by atoms with Gasteiger partial charge in [0.15, 0.2) is 0 Å². The smallest absolute Gasteiger partial charge is 0.416 e. The van der Waals surface area contributed by atoms with E-state index in [4.69, 9.17) is 0 Å². The Morgan fingerprint density at radius 3 is 2.67 bits per heavy atom. The van der Waals surface area contributed by atoms with E-state index in [2.05, 4.69) is 4.98 Å². The van der Waals surface area contributed by atoms with Gasteiger partial charge in [-0.1, -0.05) is 12.1 Å². The Hall–Kier alpha value is -1.93.